The summed E-state index contributed by atoms with van der Waals surface area (Å²) in [6.45, 7) is 2.29. The third-order valence-corrected chi connectivity index (χ3v) is 4.86. The largest absolute Gasteiger partial charge is 0.435 e. The summed E-state index contributed by atoms with van der Waals surface area (Å²) in [5.74, 6) is 0.100. The second kappa shape index (κ2) is 10.3. The van der Waals surface area contributed by atoms with Crippen molar-refractivity contribution < 1.29 is 18.6 Å². The van der Waals surface area contributed by atoms with Gasteiger partial charge in [-0.25, -0.2) is 0 Å². The molecule has 1 N–H and O–H groups in total. The number of nitrogens with zero attached hydrogens (tertiary/aromatic N) is 2. The van der Waals surface area contributed by atoms with E-state index in [0.717, 1.165) is 32.7 Å². The lowest BCUT2D eigenvalue weighted by Crippen LogP contribution is -2.47. The quantitative estimate of drug-likeness (QED) is 0.749. The van der Waals surface area contributed by atoms with E-state index < -0.39 is 12.7 Å². The first-order valence-electron chi connectivity index (χ1n) is 9.49. The molecule has 6 heteroatoms. The van der Waals surface area contributed by atoms with E-state index in [0.29, 0.717) is 12.1 Å². The molecule has 1 fully saturated rings. The van der Waals surface area contributed by atoms with Gasteiger partial charge in [0, 0.05) is 39.3 Å². The summed E-state index contributed by atoms with van der Waals surface area (Å²) in [4.78, 5) is 4.62. The van der Waals surface area contributed by atoms with Gasteiger partial charge in [0.2, 0.25) is 0 Å². The molecule has 2 aromatic carbocycles. The highest BCUT2D eigenvalue weighted by Gasteiger charge is 2.19. The fourth-order valence-corrected chi connectivity index (χ4v) is 3.28. The zero-order valence-electron chi connectivity index (χ0n) is 15.8. The van der Waals surface area contributed by atoms with Crippen molar-refractivity contribution in [3.05, 3.63) is 71.8 Å². The molecular formula is C22H26F2N2O2. The summed E-state index contributed by atoms with van der Waals surface area (Å²) in [7, 11) is 0. The Balaban J connectivity index is 1.40. The van der Waals surface area contributed by atoms with E-state index in [9.17, 15) is 13.9 Å². The Kier molecular flexibility index (Phi) is 7.54. The highest BCUT2D eigenvalue weighted by Crippen LogP contribution is 2.20. The number of ether oxygens (including phenoxy) is 1. The lowest BCUT2D eigenvalue weighted by Gasteiger charge is -2.35. The van der Waals surface area contributed by atoms with Crippen molar-refractivity contribution in [1.82, 2.24) is 9.80 Å². The molecule has 0 aliphatic carbocycles. The van der Waals surface area contributed by atoms with E-state index in [1.807, 2.05) is 18.2 Å². The Morgan fingerprint density at radius 1 is 0.929 bits per heavy atom. The van der Waals surface area contributed by atoms with Gasteiger partial charge in [-0.2, -0.15) is 8.78 Å². The van der Waals surface area contributed by atoms with Crippen molar-refractivity contribution in [2.45, 2.75) is 12.7 Å². The van der Waals surface area contributed by atoms with Crippen molar-refractivity contribution in [3.63, 3.8) is 0 Å². The van der Waals surface area contributed by atoms with E-state index in [-0.39, 0.29) is 5.75 Å². The Morgan fingerprint density at radius 2 is 1.57 bits per heavy atom. The van der Waals surface area contributed by atoms with Crippen LogP contribution >= 0.6 is 0 Å². The average molecular weight is 388 g/mol. The van der Waals surface area contributed by atoms with Gasteiger partial charge in [-0.15, -0.1) is 0 Å². The van der Waals surface area contributed by atoms with Crippen molar-refractivity contribution in [3.8, 4) is 5.75 Å². The van der Waals surface area contributed by atoms with E-state index in [2.05, 4.69) is 38.8 Å². The predicted molar refractivity (Wildman–Crippen MR) is 106 cm³/mol. The van der Waals surface area contributed by atoms with E-state index in [1.165, 1.54) is 17.7 Å². The van der Waals surface area contributed by atoms with Crippen LogP contribution < -0.4 is 4.74 Å². The first-order chi connectivity index (χ1) is 13.6. The lowest BCUT2D eigenvalue weighted by molar-refractivity contribution is -0.0498. The molecule has 0 amide bonds. The number of alkyl halides is 2. The number of β-amino-alcohol motifs (C(OH)–C–C–N with tert-alkyl or cyclic N) is 1. The molecule has 2 aromatic rings. The number of halogens is 2. The van der Waals surface area contributed by atoms with Crippen molar-refractivity contribution in [2.75, 3.05) is 39.3 Å². The van der Waals surface area contributed by atoms with Crippen LogP contribution in [0.25, 0.3) is 6.08 Å². The number of hydrogen-bond acceptors (Lipinski definition) is 4. The van der Waals surface area contributed by atoms with Gasteiger partial charge in [0.15, 0.2) is 0 Å². The smallest absolute Gasteiger partial charge is 0.387 e. The molecule has 1 heterocycles. The van der Waals surface area contributed by atoms with Crippen LogP contribution in [0.2, 0.25) is 0 Å². The highest BCUT2D eigenvalue weighted by atomic mass is 19.3. The van der Waals surface area contributed by atoms with E-state index in [1.54, 1.807) is 12.1 Å². The summed E-state index contributed by atoms with van der Waals surface area (Å²) in [6, 6.07) is 16.4. The number of aliphatic hydroxyl groups is 1. The second-order valence-electron chi connectivity index (χ2n) is 6.88. The predicted octanol–water partition coefficient (Wildman–Crippen LogP) is 3.65. The molecule has 0 saturated carbocycles. The Labute approximate surface area is 164 Å². The van der Waals surface area contributed by atoms with Crippen molar-refractivity contribution in [2.24, 2.45) is 0 Å². The van der Waals surface area contributed by atoms with Gasteiger partial charge in [-0.1, -0.05) is 54.6 Å². The summed E-state index contributed by atoms with van der Waals surface area (Å²) < 4.78 is 28.7. The molecule has 1 aliphatic heterocycles. The SMILES string of the molecule is OC(CN1CCN(C/C=C/c2ccccc2)CC1)c1ccc(OC(F)F)cc1. The minimum absolute atomic E-state index is 0.100. The maximum Gasteiger partial charge on any atom is 0.387 e. The molecular weight excluding hydrogens is 362 g/mol. The van der Waals surface area contributed by atoms with Gasteiger partial charge in [0.25, 0.3) is 0 Å². The van der Waals surface area contributed by atoms with Crippen LogP contribution in [-0.2, 0) is 0 Å². The van der Waals surface area contributed by atoms with Crippen LogP contribution in [-0.4, -0.2) is 60.8 Å². The molecule has 1 unspecified atom stereocenters. The first kappa shape index (κ1) is 20.5. The topological polar surface area (TPSA) is 35.9 Å². The summed E-state index contributed by atoms with van der Waals surface area (Å²) >= 11 is 0. The molecule has 0 bridgehead atoms. The fourth-order valence-electron chi connectivity index (χ4n) is 3.28. The van der Waals surface area contributed by atoms with Crippen molar-refractivity contribution in [1.29, 1.82) is 0 Å². The van der Waals surface area contributed by atoms with Crippen LogP contribution in [0.1, 0.15) is 17.2 Å². The van der Waals surface area contributed by atoms with Crippen LogP contribution in [0.5, 0.6) is 5.75 Å². The van der Waals surface area contributed by atoms with E-state index >= 15 is 0 Å². The number of benzene rings is 2. The maximum atomic E-state index is 12.2. The average Bonchev–Trinajstić information content (AvgIpc) is 2.70. The van der Waals surface area contributed by atoms with Crippen LogP contribution in [0.3, 0.4) is 0 Å². The number of piperazine rings is 1. The minimum Gasteiger partial charge on any atom is -0.435 e. The van der Waals surface area contributed by atoms with Gasteiger partial charge < -0.3 is 9.84 Å². The van der Waals surface area contributed by atoms with Crippen LogP contribution in [0.15, 0.2) is 60.7 Å². The zero-order valence-corrected chi connectivity index (χ0v) is 15.8. The maximum absolute atomic E-state index is 12.2. The van der Waals surface area contributed by atoms with Gasteiger partial charge in [0.05, 0.1) is 6.10 Å². The molecule has 1 saturated heterocycles. The zero-order chi connectivity index (χ0) is 19.8. The molecule has 0 aromatic heterocycles. The Hall–Kier alpha value is -2.28. The van der Waals surface area contributed by atoms with Gasteiger partial charge in [-0.3, -0.25) is 9.80 Å². The fraction of sp³-hybridized carbons (Fsp3) is 0.364. The van der Waals surface area contributed by atoms with Crippen molar-refractivity contribution >= 4 is 6.08 Å². The summed E-state index contributed by atoms with van der Waals surface area (Å²) in [5, 5.41) is 10.4. The normalized spacial score (nSPS) is 17.3. The van der Waals surface area contributed by atoms with Gasteiger partial charge >= 0.3 is 6.61 Å². The molecule has 3 rings (SSSR count). The summed E-state index contributed by atoms with van der Waals surface area (Å²) in [5.41, 5.74) is 1.91. The molecule has 1 atom stereocenters. The number of hydrogen-bond donors (Lipinski definition) is 1. The van der Waals surface area contributed by atoms with Gasteiger partial charge in [-0.05, 0) is 23.3 Å². The number of aliphatic hydroxyl groups excluding tert-OH is 1. The molecule has 1 aliphatic rings. The first-order valence-corrected chi connectivity index (χ1v) is 9.49. The molecule has 4 nitrogen and oxygen atoms in total. The highest BCUT2D eigenvalue weighted by molar-refractivity contribution is 5.48. The van der Waals surface area contributed by atoms with Crippen LogP contribution in [0.4, 0.5) is 8.78 Å². The molecule has 150 valence electrons. The Bertz CT molecular complexity index is 730. The molecule has 28 heavy (non-hydrogen) atoms. The standard InChI is InChI=1S/C22H26F2N2O2/c23-22(24)28-20-10-8-19(9-11-20)21(27)17-26-15-13-25(14-16-26)12-4-7-18-5-2-1-3-6-18/h1-11,21-22,27H,12-17H2/b7-4+. The molecule has 0 radical (unpaired) electrons. The Morgan fingerprint density at radius 3 is 2.21 bits per heavy atom. The third kappa shape index (κ3) is 6.41. The third-order valence-electron chi connectivity index (χ3n) is 4.86. The summed E-state index contributed by atoms with van der Waals surface area (Å²) in [6.07, 6.45) is 3.67. The number of rotatable bonds is 8. The van der Waals surface area contributed by atoms with Crippen LogP contribution in [0, 0.1) is 0 Å². The minimum atomic E-state index is -2.84. The lowest BCUT2D eigenvalue weighted by atomic mass is 10.1. The molecule has 0 spiro atoms. The monoisotopic (exact) mass is 388 g/mol. The van der Waals surface area contributed by atoms with E-state index in [4.69, 9.17) is 0 Å². The second-order valence-corrected chi connectivity index (χ2v) is 6.88. The van der Waals surface area contributed by atoms with Gasteiger partial charge in [0.1, 0.15) is 5.75 Å².